The van der Waals surface area contributed by atoms with Crippen molar-refractivity contribution < 1.29 is 29.2 Å². The minimum Gasteiger partial charge on any atom is -0.463 e. The first kappa shape index (κ1) is 29.3. The van der Waals surface area contributed by atoms with Crippen molar-refractivity contribution in [2.24, 2.45) is 11.8 Å². The van der Waals surface area contributed by atoms with Crippen molar-refractivity contribution in [3.05, 3.63) is 12.2 Å². The van der Waals surface area contributed by atoms with Gasteiger partial charge in [-0.05, 0) is 70.6 Å². The average Bonchev–Trinajstić information content (AvgIpc) is 3.07. The molecule has 0 bridgehead atoms. The highest BCUT2D eigenvalue weighted by molar-refractivity contribution is 5.69. The third-order valence-electron chi connectivity index (χ3n) is 7.25. The van der Waals surface area contributed by atoms with Gasteiger partial charge < -0.3 is 24.4 Å². The van der Waals surface area contributed by atoms with E-state index in [1.807, 2.05) is 13.8 Å². The molecule has 0 amide bonds. The number of esters is 1. The molecule has 2 aliphatic rings. The molecule has 0 aromatic carbocycles. The third-order valence-corrected chi connectivity index (χ3v) is 7.25. The summed E-state index contributed by atoms with van der Waals surface area (Å²) in [6.45, 7) is 7.42. The molecule has 4 atom stereocenters. The lowest BCUT2D eigenvalue weighted by molar-refractivity contribution is -0.276. The number of hydrogen-bond acceptors (Lipinski definition) is 6. The van der Waals surface area contributed by atoms with Crippen LogP contribution in [0.1, 0.15) is 111 Å². The Morgan fingerprint density at radius 1 is 1.00 bits per heavy atom. The maximum atomic E-state index is 11.6. The Morgan fingerprint density at radius 2 is 1.71 bits per heavy atom. The first-order chi connectivity index (χ1) is 16.4. The molecule has 0 spiro atoms. The van der Waals surface area contributed by atoms with Crippen LogP contribution in [0.4, 0.5) is 0 Å². The Labute approximate surface area is 207 Å². The monoisotopic (exact) mass is 482 g/mol. The van der Waals surface area contributed by atoms with E-state index >= 15 is 0 Å². The van der Waals surface area contributed by atoms with Crippen molar-refractivity contribution in [3.8, 4) is 0 Å². The first-order valence-electron chi connectivity index (χ1n) is 13.9. The van der Waals surface area contributed by atoms with Gasteiger partial charge in [0.1, 0.15) is 0 Å². The molecule has 2 rings (SSSR count). The molecule has 1 saturated carbocycles. The summed E-state index contributed by atoms with van der Waals surface area (Å²) in [7, 11) is 0. The van der Waals surface area contributed by atoms with Crippen LogP contribution < -0.4 is 0 Å². The van der Waals surface area contributed by atoms with Crippen LogP contribution in [0, 0.1) is 11.8 Å². The fraction of sp³-hybridized carbons (Fsp3) is 0.893. The second kappa shape index (κ2) is 15.9. The quantitative estimate of drug-likeness (QED) is 0.167. The van der Waals surface area contributed by atoms with Crippen LogP contribution in [0.3, 0.4) is 0 Å². The second-order valence-electron chi connectivity index (χ2n) is 10.5. The predicted molar refractivity (Wildman–Crippen MR) is 134 cm³/mol. The first-order valence-corrected chi connectivity index (χ1v) is 13.9. The molecule has 6 heteroatoms. The normalized spacial score (nSPS) is 27.0. The number of rotatable bonds is 16. The number of allylic oxidation sites excluding steroid dienone is 2. The van der Waals surface area contributed by atoms with Crippen molar-refractivity contribution in [3.63, 3.8) is 0 Å². The fourth-order valence-corrected chi connectivity index (χ4v) is 5.38. The van der Waals surface area contributed by atoms with Crippen molar-refractivity contribution in [1.82, 2.24) is 0 Å². The van der Waals surface area contributed by atoms with Crippen LogP contribution in [0.5, 0.6) is 0 Å². The highest BCUT2D eigenvalue weighted by Gasteiger charge is 2.43. The van der Waals surface area contributed by atoms with Crippen molar-refractivity contribution >= 4 is 5.97 Å². The highest BCUT2D eigenvalue weighted by Crippen LogP contribution is 2.41. The summed E-state index contributed by atoms with van der Waals surface area (Å²) >= 11 is 0. The lowest BCUT2D eigenvalue weighted by atomic mass is 9.84. The Hall–Kier alpha value is -0.950. The molecular weight excluding hydrogens is 432 g/mol. The molecule has 0 radical (unpaired) electrons. The molecule has 2 N–H and O–H groups in total. The van der Waals surface area contributed by atoms with Crippen molar-refractivity contribution in [2.75, 3.05) is 13.2 Å². The molecule has 34 heavy (non-hydrogen) atoms. The van der Waals surface area contributed by atoms with Gasteiger partial charge in [-0.1, -0.05) is 44.8 Å². The van der Waals surface area contributed by atoms with Gasteiger partial charge in [0.05, 0.1) is 31.5 Å². The molecule has 0 aromatic rings. The molecule has 1 saturated heterocycles. The topological polar surface area (TPSA) is 85.2 Å². The number of aliphatic hydroxyl groups excluding tert-OH is 2. The van der Waals surface area contributed by atoms with Crippen molar-refractivity contribution in [1.29, 1.82) is 0 Å². The SMILES string of the molecule is CCCCCCCC1(CC[C@@H]2[C@@H](C/C=C\CCCC(=O)OC(C)C)[C@@H](O)C[C@H]2O)OCCCO1. The van der Waals surface area contributed by atoms with Gasteiger partial charge in [0.25, 0.3) is 0 Å². The van der Waals surface area contributed by atoms with E-state index in [4.69, 9.17) is 14.2 Å². The Kier molecular flexibility index (Phi) is 13.7. The van der Waals surface area contributed by atoms with E-state index in [2.05, 4.69) is 19.1 Å². The minimum atomic E-state index is -0.525. The Bertz CT molecular complexity index is 583. The molecule has 1 aliphatic carbocycles. The molecule has 6 nitrogen and oxygen atoms in total. The van der Waals surface area contributed by atoms with Gasteiger partial charge in [-0.3, -0.25) is 4.79 Å². The lowest BCUT2D eigenvalue weighted by Crippen LogP contribution is -2.41. The van der Waals surface area contributed by atoms with Gasteiger partial charge in [0, 0.05) is 19.3 Å². The van der Waals surface area contributed by atoms with E-state index < -0.39 is 18.0 Å². The largest absolute Gasteiger partial charge is 0.463 e. The Morgan fingerprint density at radius 3 is 2.41 bits per heavy atom. The zero-order valence-electron chi connectivity index (χ0n) is 21.9. The van der Waals surface area contributed by atoms with Gasteiger partial charge in [0.2, 0.25) is 0 Å². The van der Waals surface area contributed by atoms with Crippen LogP contribution in [-0.2, 0) is 19.0 Å². The number of ether oxygens (including phenoxy) is 3. The number of carbonyl (C=O) groups excluding carboxylic acids is 1. The Balaban J connectivity index is 1.81. The molecule has 0 unspecified atom stereocenters. The molecule has 198 valence electrons. The van der Waals surface area contributed by atoms with E-state index in [0.717, 1.165) is 64.6 Å². The summed E-state index contributed by atoms with van der Waals surface area (Å²) in [5, 5.41) is 21.3. The summed E-state index contributed by atoms with van der Waals surface area (Å²) in [5.74, 6) is -0.582. The van der Waals surface area contributed by atoms with Gasteiger partial charge in [0.15, 0.2) is 5.79 Å². The van der Waals surface area contributed by atoms with Crippen LogP contribution in [-0.4, -0.2) is 53.5 Å². The second-order valence-corrected chi connectivity index (χ2v) is 10.5. The van der Waals surface area contributed by atoms with Gasteiger partial charge in [-0.2, -0.15) is 0 Å². The fourth-order valence-electron chi connectivity index (χ4n) is 5.38. The third kappa shape index (κ3) is 10.3. The van der Waals surface area contributed by atoms with E-state index in [1.54, 1.807) is 0 Å². The van der Waals surface area contributed by atoms with Gasteiger partial charge in [-0.15, -0.1) is 0 Å². The van der Waals surface area contributed by atoms with Crippen LogP contribution >= 0.6 is 0 Å². The maximum Gasteiger partial charge on any atom is 0.306 e. The van der Waals surface area contributed by atoms with Crippen molar-refractivity contribution in [2.45, 2.75) is 135 Å². The molecule has 2 fully saturated rings. The number of carbonyl (C=O) groups is 1. The lowest BCUT2D eigenvalue weighted by Gasteiger charge is -2.39. The summed E-state index contributed by atoms with van der Waals surface area (Å²) in [6.07, 6.45) is 15.8. The molecular formula is C28H50O6. The smallest absolute Gasteiger partial charge is 0.306 e. The van der Waals surface area contributed by atoms with E-state index in [-0.39, 0.29) is 23.9 Å². The van der Waals surface area contributed by atoms with Crippen LogP contribution in [0.2, 0.25) is 0 Å². The minimum absolute atomic E-state index is 0.0438. The number of hydrogen-bond donors (Lipinski definition) is 2. The van der Waals surface area contributed by atoms with Crippen LogP contribution in [0.15, 0.2) is 12.2 Å². The molecule has 1 aliphatic heterocycles. The molecule has 0 aromatic heterocycles. The van der Waals surface area contributed by atoms with Gasteiger partial charge in [-0.25, -0.2) is 0 Å². The van der Waals surface area contributed by atoms with Gasteiger partial charge >= 0.3 is 5.97 Å². The maximum absolute atomic E-state index is 11.6. The predicted octanol–water partition coefficient (Wildman–Crippen LogP) is 5.69. The zero-order chi connectivity index (χ0) is 24.8. The standard InChI is InChI=1S/C28H50O6/c1-4-5-6-9-12-17-28(32-19-13-20-33-28)18-16-24-23(25(29)21-26(24)30)14-10-7-8-11-15-27(31)34-22(2)3/h7,10,22-26,29-30H,4-6,8-9,11-21H2,1-3H3/b10-7-/t23-,24-,25+,26-/m1/s1. The highest BCUT2D eigenvalue weighted by atomic mass is 16.7. The summed E-state index contributed by atoms with van der Waals surface area (Å²) in [5.41, 5.74) is 0. The van der Waals surface area contributed by atoms with E-state index in [1.165, 1.54) is 25.7 Å². The zero-order valence-corrected chi connectivity index (χ0v) is 21.9. The average molecular weight is 483 g/mol. The van der Waals surface area contributed by atoms with E-state index in [9.17, 15) is 15.0 Å². The summed E-state index contributed by atoms with van der Waals surface area (Å²) in [6, 6.07) is 0. The number of aliphatic hydroxyl groups is 2. The number of unbranched alkanes of at least 4 members (excludes halogenated alkanes) is 5. The van der Waals surface area contributed by atoms with Crippen LogP contribution in [0.25, 0.3) is 0 Å². The molecule has 1 heterocycles. The summed E-state index contributed by atoms with van der Waals surface area (Å²) in [4.78, 5) is 11.6. The van der Waals surface area contributed by atoms with E-state index in [0.29, 0.717) is 12.8 Å². The summed E-state index contributed by atoms with van der Waals surface area (Å²) < 4.78 is 17.5.